The largest absolute Gasteiger partial charge is 0.129 e. The van der Waals surface area contributed by atoms with E-state index in [9.17, 15) is 0 Å². The van der Waals surface area contributed by atoms with Gasteiger partial charge in [-0.2, -0.15) is 0 Å². The monoisotopic (exact) mass is 605 g/mol. The van der Waals surface area contributed by atoms with Crippen LogP contribution in [0.25, 0.3) is 0 Å². The molecule has 5 rings (SSSR count). The Kier molecular flexibility index (Phi) is 14.6. The van der Waals surface area contributed by atoms with Crippen LogP contribution in [0.2, 0.25) is 0 Å². The molecule has 2 unspecified atom stereocenters. The van der Waals surface area contributed by atoms with Gasteiger partial charge >= 0.3 is 0 Å². The average Bonchev–Trinajstić information content (AvgIpc) is 3.52. The molecule has 0 nitrogen and oxygen atoms in total. The van der Waals surface area contributed by atoms with Gasteiger partial charge in [0, 0.05) is 11.8 Å². The summed E-state index contributed by atoms with van der Waals surface area (Å²) >= 11 is 2.10. The molecule has 0 aromatic rings. The highest BCUT2D eigenvalue weighted by molar-refractivity contribution is 8.01. The smallest absolute Gasteiger partial charge is 0.0670 e. The molecule has 0 amide bonds. The fourth-order valence-electron chi connectivity index (χ4n) is 10.0. The lowest BCUT2D eigenvalue weighted by Gasteiger charge is -2.37. The van der Waals surface area contributed by atoms with Crippen LogP contribution in [0.5, 0.6) is 0 Å². The summed E-state index contributed by atoms with van der Waals surface area (Å²) in [5, 5.41) is 1.10. The van der Waals surface area contributed by atoms with Gasteiger partial charge in [0.1, 0.15) is 0 Å². The lowest BCUT2D eigenvalue weighted by atomic mass is 9.69. The zero-order valence-corrected chi connectivity index (χ0v) is 29.4. The van der Waals surface area contributed by atoms with Crippen molar-refractivity contribution in [3.63, 3.8) is 0 Å². The van der Waals surface area contributed by atoms with Gasteiger partial charge in [0.2, 0.25) is 0 Å². The second kappa shape index (κ2) is 18.6. The molecule has 1 heteroatoms. The third-order valence-electron chi connectivity index (χ3n) is 13.0. The van der Waals surface area contributed by atoms with Gasteiger partial charge in [-0.05, 0) is 125 Å². The summed E-state index contributed by atoms with van der Waals surface area (Å²) in [5.74, 6) is 22.6. The molecule has 1 heterocycles. The number of rotatable bonds is 10. The normalized spacial score (nSPS) is 38.5. The molecule has 0 radical (unpaired) electrons. The summed E-state index contributed by atoms with van der Waals surface area (Å²) in [4.78, 5) is 0. The third-order valence-corrected chi connectivity index (χ3v) is 14.4. The van der Waals surface area contributed by atoms with Gasteiger partial charge in [0.15, 0.2) is 0 Å². The fourth-order valence-corrected chi connectivity index (χ4v) is 11.2. The van der Waals surface area contributed by atoms with Crippen molar-refractivity contribution in [2.45, 2.75) is 191 Å². The minimum Gasteiger partial charge on any atom is -0.129 e. The molecule has 0 aromatic carbocycles. The van der Waals surface area contributed by atoms with Gasteiger partial charge < -0.3 is 0 Å². The molecular formula is C42H68S. The molecular weight excluding hydrogens is 537 g/mol. The Morgan fingerprint density at radius 2 is 0.744 bits per heavy atom. The molecule has 4 saturated carbocycles. The van der Waals surface area contributed by atoms with E-state index in [4.69, 9.17) is 0 Å². The second-order valence-electron chi connectivity index (χ2n) is 16.0. The topological polar surface area (TPSA) is 0 Å². The molecule has 4 aliphatic carbocycles. The van der Waals surface area contributed by atoms with Crippen molar-refractivity contribution in [2.24, 2.45) is 47.3 Å². The third kappa shape index (κ3) is 11.0. The van der Waals surface area contributed by atoms with Crippen molar-refractivity contribution in [3.8, 4) is 23.7 Å². The Hall–Kier alpha value is -0.530. The summed E-state index contributed by atoms with van der Waals surface area (Å²) in [6.45, 7) is 4.67. The van der Waals surface area contributed by atoms with Crippen molar-refractivity contribution in [2.75, 3.05) is 0 Å². The highest BCUT2D eigenvalue weighted by Gasteiger charge is 2.32. The van der Waals surface area contributed by atoms with Crippen LogP contribution >= 0.6 is 11.8 Å². The highest BCUT2D eigenvalue weighted by Crippen LogP contribution is 2.44. The Morgan fingerprint density at radius 3 is 1.09 bits per heavy atom. The number of thioether (sulfide) groups is 1. The van der Waals surface area contributed by atoms with Gasteiger partial charge in [0.05, 0.1) is 10.5 Å². The maximum absolute atomic E-state index is 3.78. The molecule has 0 spiro atoms. The van der Waals surface area contributed by atoms with Crippen molar-refractivity contribution in [1.82, 2.24) is 0 Å². The number of hydrogen-bond acceptors (Lipinski definition) is 1. The molecule has 242 valence electrons. The summed E-state index contributed by atoms with van der Waals surface area (Å²) < 4.78 is 0. The van der Waals surface area contributed by atoms with E-state index in [0.717, 1.165) is 35.5 Å². The molecule has 5 fully saturated rings. The van der Waals surface area contributed by atoms with E-state index in [2.05, 4.69) is 49.3 Å². The zero-order chi connectivity index (χ0) is 29.7. The second-order valence-corrected chi connectivity index (χ2v) is 17.5. The number of hydrogen-bond donors (Lipinski definition) is 0. The first-order chi connectivity index (χ1) is 21.2. The lowest BCUT2D eigenvalue weighted by molar-refractivity contribution is 0.153. The first-order valence-electron chi connectivity index (χ1n) is 19.9. The first-order valence-corrected chi connectivity index (χ1v) is 20.8. The molecule has 0 N–H and O–H groups in total. The predicted octanol–water partition coefficient (Wildman–Crippen LogP) is 12.6. The molecule has 1 saturated heterocycles. The fraction of sp³-hybridized carbons (Fsp3) is 0.905. The van der Waals surface area contributed by atoms with Crippen LogP contribution in [0.1, 0.15) is 181 Å². The van der Waals surface area contributed by atoms with Gasteiger partial charge in [0.25, 0.3) is 0 Å². The van der Waals surface area contributed by atoms with E-state index in [1.165, 1.54) is 167 Å². The molecule has 0 aromatic heterocycles. The van der Waals surface area contributed by atoms with Crippen molar-refractivity contribution in [1.29, 1.82) is 0 Å². The lowest BCUT2D eigenvalue weighted by Crippen LogP contribution is -2.25. The Balaban J connectivity index is 0.936. The van der Waals surface area contributed by atoms with Crippen LogP contribution < -0.4 is 0 Å². The Labute approximate surface area is 273 Å². The molecule has 1 aliphatic heterocycles. The molecule has 0 bridgehead atoms. The highest BCUT2D eigenvalue weighted by atomic mass is 32.2. The maximum atomic E-state index is 3.78. The SMILES string of the molecule is CCCCCC1CCC(C2CCC(C#CC3CCC(C#CC4CCC(C5CCC(CCCCC)CC5)CC4)S3)CC2)CC1. The van der Waals surface area contributed by atoms with E-state index >= 15 is 0 Å². The van der Waals surface area contributed by atoms with Crippen LogP contribution in [0.3, 0.4) is 0 Å². The predicted molar refractivity (Wildman–Crippen MR) is 190 cm³/mol. The van der Waals surface area contributed by atoms with Crippen molar-refractivity contribution < 1.29 is 0 Å². The van der Waals surface area contributed by atoms with Gasteiger partial charge in [-0.25, -0.2) is 0 Å². The Bertz CT molecular complexity index is 807. The van der Waals surface area contributed by atoms with Gasteiger partial charge in [-0.1, -0.05) is 115 Å². The van der Waals surface area contributed by atoms with Crippen molar-refractivity contribution >= 4 is 11.8 Å². The van der Waals surface area contributed by atoms with E-state index in [0.29, 0.717) is 22.3 Å². The van der Waals surface area contributed by atoms with Crippen LogP contribution in [-0.2, 0) is 0 Å². The van der Waals surface area contributed by atoms with E-state index in [1.807, 2.05) is 0 Å². The first kappa shape index (κ1) is 33.8. The van der Waals surface area contributed by atoms with Crippen molar-refractivity contribution in [3.05, 3.63) is 0 Å². The maximum Gasteiger partial charge on any atom is 0.0670 e. The van der Waals surface area contributed by atoms with Crippen LogP contribution in [0.4, 0.5) is 0 Å². The summed E-state index contributed by atoms with van der Waals surface area (Å²) in [5.41, 5.74) is 0. The van der Waals surface area contributed by atoms with Gasteiger partial charge in [-0.3, -0.25) is 0 Å². The molecule has 5 aliphatic rings. The van der Waals surface area contributed by atoms with Crippen LogP contribution in [0.15, 0.2) is 0 Å². The average molecular weight is 605 g/mol. The molecule has 2 atom stereocenters. The van der Waals surface area contributed by atoms with Gasteiger partial charge in [-0.15, -0.1) is 11.8 Å². The van der Waals surface area contributed by atoms with E-state index in [1.54, 1.807) is 0 Å². The van der Waals surface area contributed by atoms with E-state index < -0.39 is 0 Å². The summed E-state index contributed by atoms with van der Waals surface area (Å²) in [7, 11) is 0. The molecule has 43 heavy (non-hydrogen) atoms. The zero-order valence-electron chi connectivity index (χ0n) is 28.6. The Morgan fingerprint density at radius 1 is 0.395 bits per heavy atom. The standard InChI is InChI=1S/C42H68S/c1-3-5-7-9-33-11-21-37(22-12-33)39-25-15-35(16-26-39)19-29-41-31-32-42(43-41)30-20-36-17-27-40(28-18-36)38-23-13-34(14-24-38)10-8-6-4-2/h33-42H,3-18,21-28,31-32H2,1-2H3. The quantitative estimate of drug-likeness (QED) is 0.176. The van der Waals surface area contributed by atoms with E-state index in [-0.39, 0.29) is 0 Å². The van der Waals surface area contributed by atoms with Crippen LogP contribution in [-0.4, -0.2) is 10.5 Å². The summed E-state index contributed by atoms with van der Waals surface area (Å²) in [6.07, 6.45) is 37.7. The van der Waals surface area contributed by atoms with Crippen LogP contribution in [0, 0.1) is 71.0 Å². The summed E-state index contributed by atoms with van der Waals surface area (Å²) in [6, 6.07) is 0. The minimum atomic E-state index is 0.549. The minimum absolute atomic E-state index is 0.549. The number of unbranched alkanes of at least 4 members (excludes halogenated alkanes) is 4.